The lowest BCUT2D eigenvalue weighted by atomic mass is 9.75. The number of methoxy groups -OCH3 is 1. The molecule has 0 aromatic heterocycles. The van der Waals surface area contributed by atoms with Gasteiger partial charge >= 0.3 is 0 Å². The molecule has 2 unspecified atom stereocenters. The Kier molecular flexibility index (Phi) is 5.65. The van der Waals surface area contributed by atoms with Crippen LogP contribution in [-0.2, 0) is 10.0 Å². The van der Waals surface area contributed by atoms with Crippen LogP contribution in [0.25, 0.3) is 0 Å². The van der Waals surface area contributed by atoms with E-state index in [-0.39, 0.29) is 10.8 Å². The summed E-state index contributed by atoms with van der Waals surface area (Å²) < 4.78 is 33.0. The zero-order valence-electron chi connectivity index (χ0n) is 16.6. The van der Waals surface area contributed by atoms with E-state index in [0.717, 1.165) is 38.3 Å². The Balaban J connectivity index is 1.59. The molecule has 0 spiro atoms. The van der Waals surface area contributed by atoms with Crippen molar-refractivity contribution in [3.05, 3.63) is 23.8 Å². The second-order valence-electron chi connectivity index (χ2n) is 8.32. The Bertz CT molecular complexity index is 833. The first kappa shape index (κ1) is 19.7. The first-order valence-corrected chi connectivity index (χ1v) is 11.9. The number of hydrogen-bond acceptors (Lipinski definition) is 4. The van der Waals surface area contributed by atoms with Gasteiger partial charge in [-0.25, -0.2) is 8.42 Å². The molecule has 1 aromatic rings. The zero-order valence-corrected chi connectivity index (χ0v) is 17.4. The molecule has 4 rings (SSSR count). The van der Waals surface area contributed by atoms with Crippen molar-refractivity contribution in [2.45, 2.75) is 49.8 Å². The summed E-state index contributed by atoms with van der Waals surface area (Å²) in [5, 5.41) is 0. The lowest BCUT2D eigenvalue weighted by Crippen LogP contribution is -2.44. The predicted octanol–water partition coefficient (Wildman–Crippen LogP) is 3.13. The van der Waals surface area contributed by atoms with Crippen LogP contribution in [0.3, 0.4) is 0 Å². The monoisotopic (exact) mass is 406 g/mol. The largest absolute Gasteiger partial charge is 0.495 e. The van der Waals surface area contributed by atoms with E-state index in [1.54, 1.807) is 12.1 Å². The number of ether oxygens (including phenoxy) is 1. The molecular formula is C21H30N2O4S. The maximum absolute atomic E-state index is 13.2. The average Bonchev–Trinajstić information content (AvgIpc) is 3.28. The molecule has 2 heterocycles. The summed E-state index contributed by atoms with van der Waals surface area (Å²) in [7, 11) is -2.18. The van der Waals surface area contributed by atoms with Gasteiger partial charge in [0.25, 0.3) is 5.91 Å². The third kappa shape index (κ3) is 3.66. The number of sulfonamides is 1. The lowest BCUT2D eigenvalue weighted by molar-refractivity contribution is 0.0520. The van der Waals surface area contributed by atoms with Crippen molar-refractivity contribution >= 4 is 15.9 Å². The quantitative estimate of drug-likeness (QED) is 0.770. The van der Waals surface area contributed by atoms with E-state index in [1.807, 2.05) is 4.90 Å². The van der Waals surface area contributed by atoms with E-state index < -0.39 is 10.0 Å². The molecule has 2 saturated heterocycles. The highest BCUT2D eigenvalue weighted by molar-refractivity contribution is 7.89. The lowest BCUT2D eigenvalue weighted by Gasteiger charge is -2.41. The predicted molar refractivity (Wildman–Crippen MR) is 107 cm³/mol. The van der Waals surface area contributed by atoms with Crippen molar-refractivity contribution in [3.63, 3.8) is 0 Å². The Labute approximate surface area is 167 Å². The van der Waals surface area contributed by atoms with Gasteiger partial charge in [0.1, 0.15) is 10.6 Å². The van der Waals surface area contributed by atoms with Crippen LogP contribution in [0.2, 0.25) is 0 Å². The van der Waals surface area contributed by atoms with E-state index in [0.29, 0.717) is 30.3 Å². The number of likely N-dealkylation sites (tertiary alicyclic amines) is 1. The maximum atomic E-state index is 13.2. The molecule has 0 bridgehead atoms. The van der Waals surface area contributed by atoms with Gasteiger partial charge in [0.05, 0.1) is 7.11 Å². The van der Waals surface area contributed by atoms with Gasteiger partial charge in [0, 0.05) is 31.7 Å². The van der Waals surface area contributed by atoms with Gasteiger partial charge in [-0.1, -0.05) is 19.3 Å². The molecule has 0 N–H and O–H groups in total. The van der Waals surface area contributed by atoms with Gasteiger partial charge in [0.15, 0.2) is 0 Å². The summed E-state index contributed by atoms with van der Waals surface area (Å²) in [6.07, 6.45) is 7.85. The van der Waals surface area contributed by atoms with Crippen LogP contribution in [-0.4, -0.2) is 56.8 Å². The van der Waals surface area contributed by atoms with E-state index in [4.69, 9.17) is 4.74 Å². The fourth-order valence-corrected chi connectivity index (χ4v) is 6.75. The SMILES string of the molecule is COc1ccc(C(=O)N2CCC3CCCCC3C2)cc1S(=O)(=O)N1CCCC1. The number of carbonyl (C=O) groups is 1. The molecule has 1 saturated carbocycles. The van der Waals surface area contributed by atoms with Crippen LogP contribution in [0.15, 0.2) is 23.1 Å². The summed E-state index contributed by atoms with van der Waals surface area (Å²) in [5.41, 5.74) is 0.438. The number of hydrogen-bond donors (Lipinski definition) is 0. The molecule has 2 aliphatic heterocycles. The van der Waals surface area contributed by atoms with E-state index >= 15 is 0 Å². The van der Waals surface area contributed by atoms with Crippen LogP contribution in [0.1, 0.15) is 55.3 Å². The van der Waals surface area contributed by atoms with Crippen molar-refractivity contribution in [2.75, 3.05) is 33.3 Å². The van der Waals surface area contributed by atoms with Crippen LogP contribution >= 0.6 is 0 Å². The fourth-order valence-electron chi connectivity index (χ4n) is 5.05. The number of fused-ring (bicyclic) bond motifs is 1. The van der Waals surface area contributed by atoms with Crippen LogP contribution in [0, 0.1) is 11.8 Å². The number of nitrogens with zero attached hydrogens (tertiary/aromatic N) is 2. The highest BCUT2D eigenvalue weighted by Crippen LogP contribution is 2.37. The first-order valence-electron chi connectivity index (χ1n) is 10.5. The molecule has 0 radical (unpaired) electrons. The molecule has 28 heavy (non-hydrogen) atoms. The highest BCUT2D eigenvalue weighted by atomic mass is 32.2. The molecule has 1 amide bonds. The highest BCUT2D eigenvalue weighted by Gasteiger charge is 2.35. The molecule has 6 nitrogen and oxygen atoms in total. The molecular weight excluding hydrogens is 376 g/mol. The van der Waals surface area contributed by atoms with Crippen molar-refractivity contribution in [1.82, 2.24) is 9.21 Å². The van der Waals surface area contributed by atoms with Crippen molar-refractivity contribution < 1.29 is 17.9 Å². The Morgan fingerprint density at radius 2 is 1.71 bits per heavy atom. The summed E-state index contributed by atoms with van der Waals surface area (Å²) in [5.74, 6) is 1.58. The second-order valence-corrected chi connectivity index (χ2v) is 10.2. The summed E-state index contributed by atoms with van der Waals surface area (Å²) in [6, 6.07) is 4.82. The Hall–Kier alpha value is -1.60. The standard InChI is InChI=1S/C21H30N2O4S/c1-27-19-9-8-17(14-20(19)28(25,26)23-11-4-5-12-23)21(24)22-13-10-16-6-2-3-7-18(16)15-22/h8-9,14,16,18H,2-7,10-13,15H2,1H3. The number of amides is 1. The third-order valence-electron chi connectivity index (χ3n) is 6.67. The van der Waals surface area contributed by atoms with Gasteiger partial charge in [-0.05, 0) is 55.7 Å². The molecule has 154 valence electrons. The number of benzene rings is 1. The summed E-state index contributed by atoms with van der Waals surface area (Å²) in [6.45, 7) is 2.61. The van der Waals surface area contributed by atoms with Crippen LogP contribution in [0.4, 0.5) is 0 Å². The van der Waals surface area contributed by atoms with Crippen molar-refractivity contribution in [3.8, 4) is 5.75 Å². The fraction of sp³-hybridized carbons (Fsp3) is 0.667. The normalized spacial score (nSPS) is 26.1. The minimum absolute atomic E-state index is 0.0652. The van der Waals surface area contributed by atoms with Crippen molar-refractivity contribution in [1.29, 1.82) is 0 Å². The molecule has 1 aliphatic carbocycles. The number of piperidine rings is 1. The first-order chi connectivity index (χ1) is 13.5. The van der Waals surface area contributed by atoms with Crippen LogP contribution < -0.4 is 4.74 Å². The van der Waals surface area contributed by atoms with Gasteiger partial charge in [0.2, 0.25) is 10.0 Å². The summed E-state index contributed by atoms with van der Waals surface area (Å²) >= 11 is 0. The smallest absolute Gasteiger partial charge is 0.253 e. The third-order valence-corrected chi connectivity index (χ3v) is 8.59. The second kappa shape index (κ2) is 8.03. The molecule has 1 aromatic carbocycles. The van der Waals surface area contributed by atoms with Gasteiger partial charge in [-0.2, -0.15) is 4.31 Å². The van der Waals surface area contributed by atoms with Crippen molar-refractivity contribution in [2.24, 2.45) is 11.8 Å². The maximum Gasteiger partial charge on any atom is 0.253 e. The van der Waals surface area contributed by atoms with Crippen LogP contribution in [0.5, 0.6) is 5.75 Å². The van der Waals surface area contributed by atoms with E-state index in [2.05, 4.69) is 0 Å². The zero-order chi connectivity index (χ0) is 19.7. The molecule has 3 fully saturated rings. The molecule has 3 aliphatic rings. The number of rotatable bonds is 4. The minimum atomic E-state index is -3.65. The molecule has 7 heteroatoms. The Morgan fingerprint density at radius 1 is 1.00 bits per heavy atom. The topological polar surface area (TPSA) is 66.9 Å². The summed E-state index contributed by atoms with van der Waals surface area (Å²) in [4.78, 5) is 15.2. The Morgan fingerprint density at radius 3 is 2.43 bits per heavy atom. The van der Waals surface area contributed by atoms with Gasteiger partial charge < -0.3 is 9.64 Å². The van der Waals surface area contributed by atoms with Gasteiger partial charge in [-0.15, -0.1) is 0 Å². The molecule has 2 atom stereocenters. The minimum Gasteiger partial charge on any atom is -0.495 e. The average molecular weight is 407 g/mol. The number of carbonyl (C=O) groups excluding carboxylic acids is 1. The van der Waals surface area contributed by atoms with Gasteiger partial charge in [-0.3, -0.25) is 4.79 Å². The van der Waals surface area contributed by atoms with E-state index in [1.165, 1.54) is 43.2 Å². The van der Waals surface area contributed by atoms with E-state index in [9.17, 15) is 13.2 Å².